The molecule has 10 heavy (non-hydrogen) atoms. The molecule has 56 valence electrons. The molecule has 0 amide bonds. The molecule has 0 aliphatic heterocycles. The Morgan fingerprint density at radius 1 is 1.20 bits per heavy atom. The average molecular weight is 154 g/mol. The fourth-order valence-electron chi connectivity index (χ4n) is 0.542. The second kappa shape index (κ2) is 8.57. The van der Waals surface area contributed by atoms with Crippen LogP contribution in [0.15, 0.2) is 37.0 Å². The molecule has 0 saturated heterocycles. The quantitative estimate of drug-likeness (QED) is 0.351. The van der Waals surface area contributed by atoms with Gasteiger partial charge >= 0.3 is 0 Å². The van der Waals surface area contributed by atoms with Crippen LogP contribution in [-0.2, 0) is 0 Å². The lowest BCUT2D eigenvalue weighted by atomic mass is 10.3. The largest absolute Gasteiger partial charge is 0.179 e. The number of hydrogen-bond donors (Lipinski definition) is 1. The molecule has 0 aliphatic carbocycles. The molecule has 0 atom stereocenters. The SMILES string of the molecule is C=C/C=C\C/C=C\CCS. The Bertz CT molecular complexity index is 123. The Kier molecular flexibility index (Phi) is 8.20. The molecule has 0 aromatic carbocycles. The first-order valence-corrected chi connectivity index (χ1v) is 4.08. The summed E-state index contributed by atoms with van der Waals surface area (Å²) in [5.41, 5.74) is 0. The number of thiol groups is 1. The van der Waals surface area contributed by atoms with Crippen molar-refractivity contribution >= 4 is 12.6 Å². The molecule has 1 heteroatoms. The fourth-order valence-corrected chi connectivity index (χ4v) is 0.691. The number of rotatable bonds is 5. The van der Waals surface area contributed by atoms with E-state index in [1.54, 1.807) is 6.08 Å². The Labute approximate surface area is 68.7 Å². The van der Waals surface area contributed by atoms with Crippen molar-refractivity contribution in [2.24, 2.45) is 0 Å². The molecule has 0 rings (SSSR count). The minimum atomic E-state index is 0.932. The topological polar surface area (TPSA) is 0 Å². The highest BCUT2D eigenvalue weighted by atomic mass is 32.1. The lowest BCUT2D eigenvalue weighted by Crippen LogP contribution is -1.65. The zero-order valence-corrected chi connectivity index (χ0v) is 7.06. The summed E-state index contributed by atoms with van der Waals surface area (Å²) in [6, 6.07) is 0. The van der Waals surface area contributed by atoms with E-state index in [-0.39, 0.29) is 0 Å². The van der Waals surface area contributed by atoms with E-state index in [0.717, 1.165) is 18.6 Å². The van der Waals surface area contributed by atoms with E-state index >= 15 is 0 Å². The number of hydrogen-bond acceptors (Lipinski definition) is 1. The van der Waals surface area contributed by atoms with E-state index in [0.29, 0.717) is 0 Å². The molecule has 0 bridgehead atoms. The monoisotopic (exact) mass is 154 g/mol. The molecular formula is C9H14S. The van der Waals surface area contributed by atoms with Gasteiger partial charge in [-0.1, -0.05) is 37.0 Å². The van der Waals surface area contributed by atoms with Crippen molar-refractivity contribution in [3.63, 3.8) is 0 Å². The van der Waals surface area contributed by atoms with Crippen LogP contribution in [0.2, 0.25) is 0 Å². The van der Waals surface area contributed by atoms with Crippen molar-refractivity contribution in [1.82, 2.24) is 0 Å². The summed E-state index contributed by atoms with van der Waals surface area (Å²) < 4.78 is 0. The van der Waals surface area contributed by atoms with Crippen LogP contribution in [0.5, 0.6) is 0 Å². The Morgan fingerprint density at radius 2 is 2.00 bits per heavy atom. The lowest BCUT2D eigenvalue weighted by Gasteiger charge is -1.81. The summed E-state index contributed by atoms with van der Waals surface area (Å²) in [4.78, 5) is 0. The normalized spacial score (nSPS) is 11.3. The van der Waals surface area contributed by atoms with Gasteiger partial charge in [0.2, 0.25) is 0 Å². The van der Waals surface area contributed by atoms with Gasteiger partial charge in [-0.2, -0.15) is 12.6 Å². The maximum absolute atomic E-state index is 4.08. The van der Waals surface area contributed by atoms with Crippen molar-refractivity contribution < 1.29 is 0 Å². The molecule has 0 fully saturated rings. The van der Waals surface area contributed by atoms with Crippen LogP contribution in [0, 0.1) is 0 Å². The van der Waals surface area contributed by atoms with Crippen LogP contribution in [0.4, 0.5) is 0 Å². The highest BCUT2D eigenvalue weighted by Crippen LogP contribution is 1.90. The van der Waals surface area contributed by atoms with Crippen LogP contribution in [0.3, 0.4) is 0 Å². The molecule has 0 aliphatic rings. The summed E-state index contributed by atoms with van der Waals surface area (Å²) in [6.07, 6.45) is 12.1. The third kappa shape index (κ3) is 7.57. The average Bonchev–Trinajstić information content (AvgIpc) is 1.97. The van der Waals surface area contributed by atoms with E-state index in [9.17, 15) is 0 Å². The molecule has 0 N–H and O–H groups in total. The van der Waals surface area contributed by atoms with Gasteiger partial charge in [0.05, 0.1) is 0 Å². The highest BCUT2D eigenvalue weighted by molar-refractivity contribution is 7.80. The summed E-state index contributed by atoms with van der Waals surface area (Å²) in [5, 5.41) is 0. The zero-order valence-electron chi connectivity index (χ0n) is 6.16. The first kappa shape index (κ1) is 9.57. The van der Waals surface area contributed by atoms with Crippen molar-refractivity contribution in [3.05, 3.63) is 37.0 Å². The van der Waals surface area contributed by atoms with Gasteiger partial charge in [0.15, 0.2) is 0 Å². The van der Waals surface area contributed by atoms with Gasteiger partial charge in [0.1, 0.15) is 0 Å². The Balaban J connectivity index is 3.17. The third-order valence-corrected chi connectivity index (χ3v) is 1.26. The minimum absolute atomic E-state index is 0.932. The second-order valence-corrected chi connectivity index (χ2v) is 2.33. The van der Waals surface area contributed by atoms with Crippen LogP contribution >= 0.6 is 12.6 Å². The molecule has 0 unspecified atom stereocenters. The first-order chi connectivity index (χ1) is 4.91. The van der Waals surface area contributed by atoms with Crippen molar-refractivity contribution in [2.75, 3.05) is 5.75 Å². The maximum Gasteiger partial charge on any atom is -0.00633 e. The zero-order chi connectivity index (χ0) is 7.66. The molecule has 0 aromatic rings. The molecule has 0 radical (unpaired) electrons. The van der Waals surface area contributed by atoms with Gasteiger partial charge in [0, 0.05) is 0 Å². The maximum atomic E-state index is 4.08. The van der Waals surface area contributed by atoms with Gasteiger partial charge in [-0.15, -0.1) is 0 Å². The van der Waals surface area contributed by atoms with E-state index in [1.807, 2.05) is 6.08 Å². The van der Waals surface area contributed by atoms with Gasteiger partial charge in [-0.3, -0.25) is 0 Å². The van der Waals surface area contributed by atoms with Crippen molar-refractivity contribution in [3.8, 4) is 0 Å². The van der Waals surface area contributed by atoms with E-state index in [4.69, 9.17) is 0 Å². The summed E-state index contributed by atoms with van der Waals surface area (Å²) in [5.74, 6) is 0.932. The molecule has 0 saturated carbocycles. The first-order valence-electron chi connectivity index (χ1n) is 3.45. The minimum Gasteiger partial charge on any atom is -0.179 e. The molecule has 0 spiro atoms. The third-order valence-electron chi connectivity index (χ3n) is 1.01. The van der Waals surface area contributed by atoms with Crippen LogP contribution in [0.1, 0.15) is 12.8 Å². The van der Waals surface area contributed by atoms with Crippen LogP contribution in [0.25, 0.3) is 0 Å². The van der Waals surface area contributed by atoms with Crippen LogP contribution in [-0.4, -0.2) is 5.75 Å². The Hall–Kier alpha value is -0.430. The predicted molar refractivity (Wildman–Crippen MR) is 51.6 cm³/mol. The van der Waals surface area contributed by atoms with E-state index < -0.39 is 0 Å². The Morgan fingerprint density at radius 3 is 2.60 bits per heavy atom. The highest BCUT2D eigenvalue weighted by Gasteiger charge is 1.71. The summed E-state index contributed by atoms with van der Waals surface area (Å²) in [6.45, 7) is 3.57. The number of allylic oxidation sites excluding steroid dienone is 5. The lowest BCUT2D eigenvalue weighted by molar-refractivity contribution is 1.22. The van der Waals surface area contributed by atoms with Gasteiger partial charge in [-0.05, 0) is 18.6 Å². The van der Waals surface area contributed by atoms with Gasteiger partial charge in [0.25, 0.3) is 0 Å². The smallest absolute Gasteiger partial charge is 0.00633 e. The molecular weight excluding hydrogens is 140 g/mol. The molecule has 0 nitrogen and oxygen atoms in total. The molecule has 0 heterocycles. The van der Waals surface area contributed by atoms with Crippen molar-refractivity contribution in [2.45, 2.75) is 12.8 Å². The molecule has 0 aromatic heterocycles. The second-order valence-electron chi connectivity index (χ2n) is 1.88. The predicted octanol–water partition coefficient (Wildman–Crippen LogP) is 2.99. The van der Waals surface area contributed by atoms with Gasteiger partial charge in [-0.25, -0.2) is 0 Å². The van der Waals surface area contributed by atoms with Crippen molar-refractivity contribution in [1.29, 1.82) is 0 Å². The summed E-state index contributed by atoms with van der Waals surface area (Å²) in [7, 11) is 0. The van der Waals surface area contributed by atoms with E-state index in [1.165, 1.54) is 0 Å². The fraction of sp³-hybridized carbons (Fsp3) is 0.333. The van der Waals surface area contributed by atoms with Crippen LogP contribution < -0.4 is 0 Å². The summed E-state index contributed by atoms with van der Waals surface area (Å²) >= 11 is 4.08. The van der Waals surface area contributed by atoms with E-state index in [2.05, 4.69) is 37.4 Å². The standard InChI is InChI=1S/C9H14S/c1-2-3-4-5-6-7-8-9-10/h2-4,6-7,10H,1,5,8-9H2/b4-3-,7-6-. The van der Waals surface area contributed by atoms with Gasteiger partial charge < -0.3 is 0 Å².